The van der Waals surface area contributed by atoms with Crippen molar-refractivity contribution in [1.29, 1.82) is 0 Å². The van der Waals surface area contributed by atoms with Gasteiger partial charge in [0.1, 0.15) is 18.0 Å². The number of carbonyl (C=O) groups is 5. The highest BCUT2D eigenvalue weighted by atomic mass is 19.1. The molecule has 332 valence electrons. The normalized spacial score (nSPS) is 38.1. The number of benzene rings is 1. The molecule has 60 heavy (non-hydrogen) atoms. The second-order valence-electron chi connectivity index (χ2n) is 17.4. The number of aryl methyl sites for hydroxylation is 1. The lowest BCUT2D eigenvalue weighted by atomic mass is 9.71. The Morgan fingerprint density at radius 1 is 1.08 bits per heavy atom. The molecule has 1 aromatic heterocycles. The monoisotopic (exact) mass is 844 g/mol. The van der Waals surface area contributed by atoms with Gasteiger partial charge < -0.3 is 44.1 Å². The molecule has 3 fully saturated rings. The Balaban J connectivity index is 1.47. The van der Waals surface area contributed by atoms with Crippen molar-refractivity contribution in [3.8, 4) is 0 Å². The molecule has 0 aliphatic carbocycles. The van der Waals surface area contributed by atoms with Crippen molar-refractivity contribution < 1.29 is 62.3 Å². The zero-order valence-electron chi connectivity index (χ0n) is 36.2. The first-order valence-electron chi connectivity index (χ1n) is 20.5. The van der Waals surface area contributed by atoms with Gasteiger partial charge in [-0.3, -0.25) is 24.7 Å². The summed E-state index contributed by atoms with van der Waals surface area (Å²) in [6.45, 7) is 9.41. The maximum atomic E-state index is 17.0. The SMILES string of the molecule is CO[C@]1(C)C[C@@H](C)C(=O)[C@H](C)[C@@]2(O)NC(=O)O[C@]2(C)[C@@H](CCNC(=O)CCc2ccnc3ccccc23)OC(=O)[C@@](C)(F)C(=O)[C@H](C)[C@H]1OC1OC(C)CC(N(C)C)C1O. The van der Waals surface area contributed by atoms with Crippen LogP contribution in [0.5, 0.6) is 0 Å². The molecule has 0 radical (unpaired) electrons. The van der Waals surface area contributed by atoms with Gasteiger partial charge in [-0.05, 0) is 78.7 Å². The number of aliphatic hydroxyl groups excluding tert-OH is 1. The Bertz CT molecular complexity index is 1930. The Labute approximate surface area is 350 Å². The molecule has 4 unspecified atom stereocenters. The highest BCUT2D eigenvalue weighted by Gasteiger charge is 2.67. The van der Waals surface area contributed by atoms with Crippen LogP contribution in [0, 0.1) is 17.8 Å². The number of cyclic esters (lactones) is 1. The number of hydrogen-bond donors (Lipinski definition) is 4. The number of amides is 2. The van der Waals surface area contributed by atoms with Gasteiger partial charge in [0.2, 0.25) is 5.91 Å². The smallest absolute Gasteiger partial charge is 0.410 e. The number of para-hydroxylation sites is 1. The van der Waals surface area contributed by atoms with E-state index in [2.05, 4.69) is 15.6 Å². The van der Waals surface area contributed by atoms with Crippen LogP contribution in [-0.2, 0) is 49.3 Å². The van der Waals surface area contributed by atoms with E-state index in [4.69, 9.17) is 23.7 Å². The summed E-state index contributed by atoms with van der Waals surface area (Å²) in [6.07, 6.45) is -5.16. The Morgan fingerprint density at radius 2 is 1.77 bits per heavy atom. The average molecular weight is 845 g/mol. The third kappa shape index (κ3) is 9.07. The minimum absolute atomic E-state index is 0.0653. The number of aliphatic hydroxyl groups is 2. The fourth-order valence-electron chi connectivity index (χ4n) is 9.08. The molecule has 13 atom stereocenters. The van der Waals surface area contributed by atoms with E-state index < -0.39 is 101 Å². The molecular formula is C43H61FN4O12. The first-order valence-corrected chi connectivity index (χ1v) is 20.5. The number of likely N-dealkylation sites (N-methyl/N-ethyl adjacent to an activating group) is 1. The van der Waals surface area contributed by atoms with Crippen LogP contribution in [-0.4, -0.2) is 137 Å². The number of ether oxygens (including phenoxy) is 5. The van der Waals surface area contributed by atoms with E-state index in [0.717, 1.165) is 23.4 Å². The third-order valence-corrected chi connectivity index (χ3v) is 12.9. The molecule has 17 heteroatoms. The lowest BCUT2D eigenvalue weighted by Crippen LogP contribution is -2.68. The second kappa shape index (κ2) is 18.1. The van der Waals surface area contributed by atoms with Crippen LogP contribution in [0.25, 0.3) is 10.9 Å². The predicted molar refractivity (Wildman–Crippen MR) is 215 cm³/mol. The van der Waals surface area contributed by atoms with Crippen molar-refractivity contribution in [3.05, 3.63) is 42.1 Å². The first-order chi connectivity index (χ1) is 28.0. The summed E-state index contributed by atoms with van der Waals surface area (Å²) in [5.41, 5.74) is -8.04. The van der Waals surface area contributed by atoms with Crippen LogP contribution in [0.2, 0.25) is 0 Å². The van der Waals surface area contributed by atoms with Gasteiger partial charge in [-0.2, -0.15) is 0 Å². The molecule has 16 nitrogen and oxygen atoms in total. The molecular weight excluding hydrogens is 783 g/mol. The standard InChI is InChI=1S/C43H61FN4O12/c1-23-22-40(5,56-10)36(59-37-34(51)30(48(8)9)21-24(2)57-37)25(3)35(52)41(6,44)38(53)58-31(42(7)43(55,26(4)33(23)50)47-39(54)60-42)18-20-46-32(49)16-15-27-17-19-45-29-14-12-11-13-28(27)29/h11-14,17,19,23-26,30-31,34,36-37,51,55H,15-16,18,20-22H2,1-10H3,(H,46,49)(H,47,54)/t23-,24?,25+,26+,30?,31-,34?,36-,37?,40-,41+,42-,43+/m1/s1. The molecule has 4 N–H and O–H groups in total. The number of halogens is 1. The molecule has 3 aliphatic heterocycles. The van der Waals surface area contributed by atoms with E-state index in [1.54, 1.807) is 41.1 Å². The zero-order chi connectivity index (χ0) is 44.5. The summed E-state index contributed by atoms with van der Waals surface area (Å²) >= 11 is 0. The number of Topliss-reactive ketones (excluding diaryl/α,β-unsaturated/α-hetero) is 2. The molecule has 3 aliphatic rings. The van der Waals surface area contributed by atoms with Gasteiger partial charge in [-0.15, -0.1) is 0 Å². The number of nitrogens with one attached hydrogen (secondary N) is 2. The van der Waals surface area contributed by atoms with E-state index in [9.17, 15) is 34.2 Å². The van der Waals surface area contributed by atoms with Gasteiger partial charge >= 0.3 is 12.1 Å². The first kappa shape index (κ1) is 46.9. The number of nitrogens with zero attached hydrogens (tertiary/aromatic N) is 2. The predicted octanol–water partition coefficient (Wildman–Crippen LogP) is 3.17. The number of hydrogen-bond acceptors (Lipinski definition) is 14. The van der Waals surface area contributed by atoms with Crippen LogP contribution in [0.4, 0.5) is 9.18 Å². The molecule has 5 rings (SSSR count). The Morgan fingerprint density at radius 3 is 2.43 bits per heavy atom. The minimum Gasteiger partial charge on any atom is -0.455 e. The average Bonchev–Trinajstić information content (AvgIpc) is 3.45. The second-order valence-corrected chi connectivity index (χ2v) is 17.4. The Kier molecular flexibility index (Phi) is 14.1. The number of esters is 1. The number of fused-ring (bicyclic) bond motifs is 2. The van der Waals surface area contributed by atoms with Gasteiger partial charge in [-0.1, -0.05) is 39.0 Å². The third-order valence-electron chi connectivity index (χ3n) is 12.9. The molecule has 0 spiro atoms. The number of methoxy groups -OCH3 is 1. The van der Waals surface area contributed by atoms with Crippen molar-refractivity contribution in [2.24, 2.45) is 17.8 Å². The topological polar surface area (TPSA) is 212 Å². The van der Waals surface area contributed by atoms with Crippen LogP contribution in [0.15, 0.2) is 36.5 Å². The minimum atomic E-state index is -3.36. The van der Waals surface area contributed by atoms with Crippen LogP contribution in [0.3, 0.4) is 0 Å². The van der Waals surface area contributed by atoms with Crippen molar-refractivity contribution in [1.82, 2.24) is 20.5 Å². The van der Waals surface area contributed by atoms with E-state index in [1.807, 2.05) is 35.2 Å². The lowest BCUT2D eigenvalue weighted by Gasteiger charge is -2.47. The molecule has 2 aromatic rings. The summed E-state index contributed by atoms with van der Waals surface area (Å²) < 4.78 is 46.8. The van der Waals surface area contributed by atoms with Crippen molar-refractivity contribution in [2.45, 2.75) is 140 Å². The van der Waals surface area contributed by atoms with Gasteiger partial charge in [0, 0.05) is 56.0 Å². The van der Waals surface area contributed by atoms with Gasteiger partial charge in [0.05, 0.1) is 29.2 Å². The van der Waals surface area contributed by atoms with Crippen LogP contribution >= 0.6 is 0 Å². The molecule has 0 bridgehead atoms. The van der Waals surface area contributed by atoms with Gasteiger partial charge in [0.15, 0.2) is 23.4 Å². The van der Waals surface area contributed by atoms with E-state index >= 15 is 4.39 Å². The molecule has 4 heterocycles. The Hall–Kier alpha value is -4.13. The quantitative estimate of drug-likeness (QED) is 0.200. The fourth-order valence-corrected chi connectivity index (χ4v) is 9.08. The fraction of sp³-hybridized carbons (Fsp3) is 0.674. The van der Waals surface area contributed by atoms with Crippen molar-refractivity contribution in [3.63, 3.8) is 0 Å². The summed E-state index contributed by atoms with van der Waals surface area (Å²) in [4.78, 5) is 75.1. The lowest BCUT2D eigenvalue weighted by molar-refractivity contribution is -0.295. The molecule has 3 saturated heterocycles. The molecule has 0 saturated carbocycles. The number of carbonyl (C=O) groups excluding carboxylic acids is 5. The summed E-state index contributed by atoms with van der Waals surface area (Å²) in [5.74, 6) is -7.77. The number of alkyl carbamates (subject to hydrolysis) is 1. The van der Waals surface area contributed by atoms with Crippen molar-refractivity contribution >= 4 is 40.4 Å². The summed E-state index contributed by atoms with van der Waals surface area (Å²) in [5, 5.41) is 29.7. The summed E-state index contributed by atoms with van der Waals surface area (Å²) in [7, 11) is 4.89. The maximum Gasteiger partial charge on any atom is 0.410 e. The number of rotatable bonds is 10. The number of pyridine rings is 1. The van der Waals surface area contributed by atoms with E-state index in [-0.39, 0.29) is 31.7 Å². The van der Waals surface area contributed by atoms with Gasteiger partial charge in [0.25, 0.3) is 5.67 Å². The summed E-state index contributed by atoms with van der Waals surface area (Å²) in [6, 6.07) is 8.93. The number of aromatic nitrogens is 1. The molecule has 1 aromatic carbocycles. The number of ketones is 2. The largest absolute Gasteiger partial charge is 0.455 e. The van der Waals surface area contributed by atoms with Gasteiger partial charge in [-0.25, -0.2) is 14.0 Å². The van der Waals surface area contributed by atoms with E-state index in [1.165, 1.54) is 27.9 Å². The molecule has 2 amide bonds. The highest BCUT2D eigenvalue weighted by molar-refractivity contribution is 6.08. The highest BCUT2D eigenvalue weighted by Crippen LogP contribution is 2.44. The zero-order valence-corrected chi connectivity index (χ0v) is 36.2. The van der Waals surface area contributed by atoms with E-state index in [0.29, 0.717) is 12.8 Å². The van der Waals surface area contributed by atoms with Crippen LogP contribution < -0.4 is 10.6 Å². The van der Waals surface area contributed by atoms with Crippen LogP contribution in [0.1, 0.15) is 79.7 Å². The van der Waals surface area contributed by atoms with Crippen molar-refractivity contribution in [2.75, 3.05) is 27.7 Å². The maximum absolute atomic E-state index is 17.0. The number of alkyl halides is 1.